The first-order valence-electron chi connectivity index (χ1n) is 11.7. The molecule has 0 radical (unpaired) electrons. The lowest BCUT2D eigenvalue weighted by molar-refractivity contribution is -0.174. The Hall–Kier alpha value is -3.24. The first kappa shape index (κ1) is 30.0. The average molecular weight is 578 g/mol. The molecule has 0 spiro atoms. The van der Waals surface area contributed by atoms with Gasteiger partial charge in [-0.15, -0.1) is 0 Å². The van der Waals surface area contributed by atoms with Crippen molar-refractivity contribution >= 4 is 39.7 Å². The van der Waals surface area contributed by atoms with Crippen LogP contribution in [-0.4, -0.2) is 54.8 Å². The van der Waals surface area contributed by atoms with Gasteiger partial charge < -0.3 is 24.3 Å². The van der Waals surface area contributed by atoms with E-state index in [0.717, 1.165) is 10.0 Å². The van der Waals surface area contributed by atoms with Crippen molar-refractivity contribution in [3.63, 3.8) is 0 Å². The minimum absolute atomic E-state index is 0.0398. The number of carbonyl (C=O) groups is 4. The number of halogens is 1. The molecule has 2 atom stereocenters. The Morgan fingerprint density at radius 1 is 0.946 bits per heavy atom. The zero-order valence-electron chi connectivity index (χ0n) is 21.3. The quantitative estimate of drug-likeness (QED) is 0.221. The molecule has 1 unspecified atom stereocenters. The molecule has 0 aliphatic rings. The Balaban J connectivity index is 1.97. The summed E-state index contributed by atoms with van der Waals surface area (Å²) in [6, 6.07) is 15.8. The second kappa shape index (κ2) is 14.5. The summed E-state index contributed by atoms with van der Waals surface area (Å²) in [5.41, 5.74) is 0.526. The first-order valence-corrected chi connectivity index (χ1v) is 12.5. The van der Waals surface area contributed by atoms with Gasteiger partial charge in [0.1, 0.15) is 5.60 Å². The summed E-state index contributed by atoms with van der Waals surface area (Å²) < 4.78 is 22.0. The standard InChI is InChI=1S/C27H32BrNO8/c1-18(34-16-19-8-6-5-7-9-19)24(31)36-23(14-15-29-26(33)37-27(2,3)4)25(32)35-17-22(30)20-10-12-21(28)13-11-20/h5-13,18,23H,14-17H2,1-4H3,(H,29,33)/t18-,23?/m0/s1. The third-order valence-electron chi connectivity index (χ3n) is 4.78. The van der Waals surface area contributed by atoms with Crippen LogP contribution >= 0.6 is 15.9 Å². The van der Waals surface area contributed by atoms with Crippen molar-refractivity contribution in [2.24, 2.45) is 0 Å². The fourth-order valence-corrected chi connectivity index (χ4v) is 3.16. The van der Waals surface area contributed by atoms with E-state index in [1.807, 2.05) is 30.3 Å². The lowest BCUT2D eigenvalue weighted by Crippen LogP contribution is -2.38. The van der Waals surface area contributed by atoms with Crippen LogP contribution in [0.15, 0.2) is 59.1 Å². The molecule has 0 heterocycles. The summed E-state index contributed by atoms with van der Waals surface area (Å²) in [4.78, 5) is 49.7. The summed E-state index contributed by atoms with van der Waals surface area (Å²) in [5, 5.41) is 2.51. The smallest absolute Gasteiger partial charge is 0.407 e. The van der Waals surface area contributed by atoms with Crippen LogP contribution in [0.25, 0.3) is 0 Å². The zero-order chi connectivity index (χ0) is 27.4. The fourth-order valence-electron chi connectivity index (χ4n) is 2.89. The van der Waals surface area contributed by atoms with E-state index in [1.165, 1.54) is 6.92 Å². The van der Waals surface area contributed by atoms with Gasteiger partial charge in [0.15, 0.2) is 18.5 Å². The fraction of sp³-hybridized carbons (Fsp3) is 0.407. The number of rotatable bonds is 12. The van der Waals surface area contributed by atoms with Crippen LogP contribution in [-0.2, 0) is 35.1 Å². The van der Waals surface area contributed by atoms with E-state index in [-0.39, 0.29) is 19.6 Å². The van der Waals surface area contributed by atoms with E-state index in [1.54, 1.807) is 45.0 Å². The van der Waals surface area contributed by atoms with Crippen molar-refractivity contribution in [1.82, 2.24) is 5.32 Å². The molecule has 2 aromatic carbocycles. The molecule has 2 rings (SSSR count). The van der Waals surface area contributed by atoms with E-state index in [2.05, 4.69) is 21.2 Å². The van der Waals surface area contributed by atoms with Crippen LogP contribution in [0.3, 0.4) is 0 Å². The number of alkyl carbamates (subject to hydrolysis) is 1. The van der Waals surface area contributed by atoms with Crippen LogP contribution < -0.4 is 5.32 Å². The van der Waals surface area contributed by atoms with E-state index >= 15 is 0 Å². The van der Waals surface area contributed by atoms with Crippen molar-refractivity contribution in [3.05, 3.63) is 70.2 Å². The summed E-state index contributed by atoms with van der Waals surface area (Å²) in [7, 11) is 0. The predicted molar refractivity (Wildman–Crippen MR) is 139 cm³/mol. The van der Waals surface area contributed by atoms with Crippen molar-refractivity contribution in [2.45, 2.75) is 58.5 Å². The first-order chi connectivity index (χ1) is 17.4. The number of hydrogen-bond acceptors (Lipinski definition) is 8. The topological polar surface area (TPSA) is 117 Å². The highest BCUT2D eigenvalue weighted by atomic mass is 79.9. The highest BCUT2D eigenvalue weighted by Gasteiger charge is 2.28. The number of ketones is 1. The number of hydrogen-bond donors (Lipinski definition) is 1. The lowest BCUT2D eigenvalue weighted by Gasteiger charge is -2.21. The summed E-state index contributed by atoms with van der Waals surface area (Å²) in [6.07, 6.45) is -3.13. The summed E-state index contributed by atoms with van der Waals surface area (Å²) >= 11 is 3.29. The third kappa shape index (κ3) is 11.6. The predicted octanol–water partition coefficient (Wildman–Crippen LogP) is 4.61. The maximum absolute atomic E-state index is 12.7. The average Bonchev–Trinajstić information content (AvgIpc) is 2.84. The molecule has 1 amide bonds. The molecule has 0 fully saturated rings. The van der Waals surface area contributed by atoms with E-state index in [4.69, 9.17) is 18.9 Å². The number of ether oxygens (including phenoxy) is 4. The Morgan fingerprint density at radius 2 is 1.59 bits per heavy atom. The molecule has 37 heavy (non-hydrogen) atoms. The molecule has 2 aromatic rings. The molecule has 0 bridgehead atoms. The molecule has 0 aliphatic carbocycles. The molecule has 0 saturated carbocycles. The molecule has 0 aromatic heterocycles. The van der Waals surface area contributed by atoms with Crippen LogP contribution in [0.1, 0.15) is 50.0 Å². The molecular formula is C27H32BrNO8. The Morgan fingerprint density at radius 3 is 2.22 bits per heavy atom. The Labute approximate surface area is 224 Å². The van der Waals surface area contributed by atoms with Gasteiger partial charge in [-0.25, -0.2) is 14.4 Å². The SMILES string of the molecule is C[C@H](OCc1ccccc1)C(=O)OC(CCNC(=O)OC(C)(C)C)C(=O)OCC(=O)c1ccc(Br)cc1. The van der Waals surface area contributed by atoms with Gasteiger partial charge in [-0.05, 0) is 45.4 Å². The van der Waals surface area contributed by atoms with E-state index < -0.39 is 48.2 Å². The van der Waals surface area contributed by atoms with Crippen molar-refractivity contribution in [1.29, 1.82) is 0 Å². The largest absolute Gasteiger partial charge is 0.455 e. The van der Waals surface area contributed by atoms with Gasteiger partial charge >= 0.3 is 18.0 Å². The Bertz CT molecular complexity index is 1050. The number of benzene rings is 2. The highest BCUT2D eigenvalue weighted by molar-refractivity contribution is 9.10. The van der Waals surface area contributed by atoms with Gasteiger partial charge in [0.2, 0.25) is 6.10 Å². The Kier molecular flexibility index (Phi) is 11.7. The van der Waals surface area contributed by atoms with Crippen LogP contribution in [0.5, 0.6) is 0 Å². The second-order valence-electron chi connectivity index (χ2n) is 9.12. The van der Waals surface area contributed by atoms with E-state index in [9.17, 15) is 19.2 Å². The van der Waals surface area contributed by atoms with Crippen molar-refractivity contribution in [3.8, 4) is 0 Å². The van der Waals surface area contributed by atoms with Crippen LogP contribution in [0.4, 0.5) is 4.79 Å². The normalized spacial score (nSPS) is 12.7. The van der Waals surface area contributed by atoms with Crippen LogP contribution in [0.2, 0.25) is 0 Å². The van der Waals surface area contributed by atoms with Gasteiger partial charge in [-0.1, -0.05) is 58.4 Å². The van der Waals surface area contributed by atoms with Gasteiger partial charge in [0.25, 0.3) is 0 Å². The number of carbonyl (C=O) groups excluding carboxylic acids is 4. The lowest BCUT2D eigenvalue weighted by atomic mass is 10.1. The van der Waals surface area contributed by atoms with Crippen molar-refractivity contribution < 1.29 is 38.1 Å². The second-order valence-corrected chi connectivity index (χ2v) is 10.0. The maximum Gasteiger partial charge on any atom is 0.407 e. The molecule has 0 saturated heterocycles. The molecule has 1 N–H and O–H groups in total. The van der Waals surface area contributed by atoms with Gasteiger partial charge in [0, 0.05) is 23.0 Å². The van der Waals surface area contributed by atoms with Gasteiger partial charge in [-0.3, -0.25) is 4.79 Å². The van der Waals surface area contributed by atoms with E-state index in [0.29, 0.717) is 5.56 Å². The van der Waals surface area contributed by atoms with Crippen molar-refractivity contribution in [2.75, 3.05) is 13.2 Å². The molecule has 0 aliphatic heterocycles. The highest BCUT2D eigenvalue weighted by Crippen LogP contribution is 2.13. The number of nitrogens with one attached hydrogen (secondary N) is 1. The minimum atomic E-state index is -1.37. The monoisotopic (exact) mass is 577 g/mol. The van der Waals surface area contributed by atoms with Gasteiger partial charge in [0.05, 0.1) is 6.61 Å². The van der Waals surface area contributed by atoms with Gasteiger partial charge in [-0.2, -0.15) is 0 Å². The zero-order valence-corrected chi connectivity index (χ0v) is 22.9. The summed E-state index contributed by atoms with van der Waals surface area (Å²) in [5.74, 6) is -2.12. The third-order valence-corrected chi connectivity index (χ3v) is 5.31. The maximum atomic E-state index is 12.7. The number of Topliss-reactive ketones (excluding diaryl/α,β-unsaturated/α-hetero) is 1. The molecule has 200 valence electrons. The molecular weight excluding hydrogens is 546 g/mol. The van der Waals surface area contributed by atoms with Crippen LogP contribution in [0, 0.1) is 0 Å². The summed E-state index contributed by atoms with van der Waals surface area (Å²) in [6.45, 7) is 6.25. The molecule has 10 heteroatoms. The molecule has 9 nitrogen and oxygen atoms in total. The minimum Gasteiger partial charge on any atom is -0.455 e. The number of amides is 1. The number of esters is 2.